The van der Waals surface area contributed by atoms with Gasteiger partial charge in [-0.15, -0.1) is 0 Å². The van der Waals surface area contributed by atoms with E-state index in [1.54, 1.807) is 12.1 Å². The van der Waals surface area contributed by atoms with E-state index in [0.717, 1.165) is 35.0 Å². The van der Waals surface area contributed by atoms with Crippen LogP contribution in [0.4, 0.5) is 11.5 Å². The molecule has 0 aliphatic carbocycles. The van der Waals surface area contributed by atoms with Gasteiger partial charge in [0.1, 0.15) is 5.82 Å². The minimum absolute atomic E-state index is 0.00912. The Morgan fingerprint density at radius 3 is 2.57 bits per heavy atom. The first-order valence-corrected chi connectivity index (χ1v) is 9.87. The standard InChI is InChI=1S/C21H24N6O3/c1-14-11-20(23-21(22-14)17-4-6-18(7-5-17)27(28)29)25-8-9-30-19(12-25)13-26-16(3)10-15(2)24-26/h4-7,10-11,19H,8-9,12-13H2,1-3H3. The lowest BCUT2D eigenvalue weighted by Gasteiger charge is -2.34. The Hall–Kier alpha value is -3.33. The van der Waals surface area contributed by atoms with Crippen LogP contribution in [0.25, 0.3) is 11.4 Å². The van der Waals surface area contributed by atoms with E-state index in [1.165, 1.54) is 12.1 Å². The van der Waals surface area contributed by atoms with Crippen LogP contribution in [-0.4, -0.2) is 50.5 Å². The Morgan fingerprint density at radius 1 is 1.13 bits per heavy atom. The van der Waals surface area contributed by atoms with Crippen LogP contribution in [0.3, 0.4) is 0 Å². The second kappa shape index (κ2) is 8.19. The van der Waals surface area contributed by atoms with Gasteiger partial charge in [0.15, 0.2) is 5.82 Å². The maximum absolute atomic E-state index is 10.9. The third-order valence-corrected chi connectivity index (χ3v) is 5.12. The highest BCUT2D eigenvalue weighted by molar-refractivity contribution is 5.60. The SMILES string of the molecule is Cc1cc(N2CCOC(Cn3nc(C)cc3C)C2)nc(-c2ccc([N+](=O)[O-])cc2)n1. The monoisotopic (exact) mass is 408 g/mol. The van der Waals surface area contributed by atoms with Crippen LogP contribution in [0.15, 0.2) is 36.4 Å². The normalized spacial score (nSPS) is 16.6. The predicted molar refractivity (Wildman–Crippen MR) is 113 cm³/mol. The molecule has 0 amide bonds. The molecule has 1 aliphatic heterocycles. The number of benzene rings is 1. The van der Waals surface area contributed by atoms with Crippen molar-refractivity contribution in [1.82, 2.24) is 19.7 Å². The van der Waals surface area contributed by atoms with Crippen molar-refractivity contribution in [2.75, 3.05) is 24.6 Å². The molecule has 0 saturated carbocycles. The van der Waals surface area contributed by atoms with E-state index >= 15 is 0 Å². The molecule has 1 aliphatic rings. The summed E-state index contributed by atoms with van der Waals surface area (Å²) >= 11 is 0. The van der Waals surface area contributed by atoms with Crippen molar-refractivity contribution in [2.24, 2.45) is 0 Å². The maximum Gasteiger partial charge on any atom is 0.269 e. The smallest absolute Gasteiger partial charge is 0.269 e. The number of aryl methyl sites for hydroxylation is 3. The molecule has 1 atom stereocenters. The predicted octanol–water partition coefficient (Wildman–Crippen LogP) is 3.08. The Balaban J connectivity index is 1.54. The Labute approximate surface area is 174 Å². The molecule has 0 radical (unpaired) electrons. The molecule has 2 aromatic heterocycles. The fourth-order valence-electron chi connectivity index (χ4n) is 3.67. The first-order chi connectivity index (χ1) is 14.4. The highest BCUT2D eigenvalue weighted by Crippen LogP contribution is 2.24. The third kappa shape index (κ3) is 4.30. The largest absolute Gasteiger partial charge is 0.373 e. The Bertz CT molecular complexity index is 1060. The average Bonchev–Trinajstić information content (AvgIpc) is 3.04. The summed E-state index contributed by atoms with van der Waals surface area (Å²) in [6, 6.07) is 10.3. The summed E-state index contributed by atoms with van der Waals surface area (Å²) < 4.78 is 7.95. The number of ether oxygens (including phenoxy) is 1. The van der Waals surface area contributed by atoms with Crippen molar-refractivity contribution in [2.45, 2.75) is 33.4 Å². The number of aromatic nitrogens is 4. The van der Waals surface area contributed by atoms with Crippen LogP contribution in [0, 0.1) is 30.9 Å². The first-order valence-electron chi connectivity index (χ1n) is 9.87. The van der Waals surface area contributed by atoms with E-state index in [0.29, 0.717) is 25.5 Å². The molecule has 0 spiro atoms. The van der Waals surface area contributed by atoms with Crippen molar-refractivity contribution in [3.05, 3.63) is 63.6 Å². The minimum atomic E-state index is -0.414. The van der Waals surface area contributed by atoms with E-state index in [2.05, 4.69) is 21.0 Å². The zero-order valence-electron chi connectivity index (χ0n) is 17.3. The molecule has 1 unspecified atom stereocenters. The van der Waals surface area contributed by atoms with Crippen LogP contribution in [0.1, 0.15) is 17.1 Å². The molecule has 1 aromatic carbocycles. The number of rotatable bonds is 5. The van der Waals surface area contributed by atoms with Crippen molar-refractivity contribution in [1.29, 1.82) is 0 Å². The summed E-state index contributed by atoms with van der Waals surface area (Å²) in [6.07, 6.45) is 0.00912. The number of hydrogen-bond acceptors (Lipinski definition) is 7. The molecule has 1 saturated heterocycles. The lowest BCUT2D eigenvalue weighted by Crippen LogP contribution is -2.45. The van der Waals surface area contributed by atoms with Gasteiger partial charge >= 0.3 is 0 Å². The van der Waals surface area contributed by atoms with Crippen molar-refractivity contribution >= 4 is 11.5 Å². The van der Waals surface area contributed by atoms with E-state index in [9.17, 15) is 10.1 Å². The van der Waals surface area contributed by atoms with Crippen LogP contribution in [0.2, 0.25) is 0 Å². The summed E-state index contributed by atoms with van der Waals surface area (Å²) in [5, 5.41) is 15.4. The molecule has 9 heteroatoms. The zero-order valence-corrected chi connectivity index (χ0v) is 17.3. The van der Waals surface area contributed by atoms with Gasteiger partial charge in [0.25, 0.3) is 5.69 Å². The molecule has 0 bridgehead atoms. The minimum Gasteiger partial charge on any atom is -0.373 e. The molecule has 30 heavy (non-hydrogen) atoms. The van der Waals surface area contributed by atoms with E-state index in [1.807, 2.05) is 31.5 Å². The van der Waals surface area contributed by atoms with E-state index in [-0.39, 0.29) is 11.8 Å². The van der Waals surface area contributed by atoms with Gasteiger partial charge in [-0.2, -0.15) is 5.10 Å². The fraction of sp³-hybridized carbons (Fsp3) is 0.381. The molecule has 156 valence electrons. The lowest BCUT2D eigenvalue weighted by molar-refractivity contribution is -0.384. The highest BCUT2D eigenvalue weighted by atomic mass is 16.6. The average molecular weight is 408 g/mol. The second-order valence-electron chi connectivity index (χ2n) is 7.54. The van der Waals surface area contributed by atoms with Crippen LogP contribution in [-0.2, 0) is 11.3 Å². The fourth-order valence-corrected chi connectivity index (χ4v) is 3.67. The molecule has 9 nitrogen and oxygen atoms in total. The molecular weight excluding hydrogens is 384 g/mol. The number of non-ortho nitro benzene ring substituents is 1. The molecule has 3 aromatic rings. The number of anilines is 1. The lowest BCUT2D eigenvalue weighted by atomic mass is 10.2. The molecular formula is C21H24N6O3. The van der Waals surface area contributed by atoms with E-state index in [4.69, 9.17) is 9.72 Å². The Morgan fingerprint density at radius 2 is 1.90 bits per heavy atom. The summed E-state index contributed by atoms with van der Waals surface area (Å²) in [7, 11) is 0. The summed E-state index contributed by atoms with van der Waals surface area (Å²) in [6.45, 7) is 8.70. The zero-order chi connectivity index (χ0) is 21.3. The quantitative estimate of drug-likeness (QED) is 0.472. The molecule has 4 rings (SSSR count). The van der Waals surface area contributed by atoms with Gasteiger partial charge in [-0.25, -0.2) is 9.97 Å². The number of nitro groups is 1. The van der Waals surface area contributed by atoms with Crippen molar-refractivity contribution < 1.29 is 9.66 Å². The van der Waals surface area contributed by atoms with E-state index < -0.39 is 4.92 Å². The Kier molecular flexibility index (Phi) is 5.45. The van der Waals surface area contributed by atoms with Crippen LogP contribution < -0.4 is 4.90 Å². The van der Waals surface area contributed by atoms with Gasteiger partial charge in [-0.05, 0) is 39.0 Å². The van der Waals surface area contributed by atoms with Gasteiger partial charge in [0, 0.05) is 48.2 Å². The number of morpholine rings is 1. The van der Waals surface area contributed by atoms with Gasteiger partial charge in [-0.3, -0.25) is 14.8 Å². The van der Waals surface area contributed by atoms with Crippen LogP contribution in [0.5, 0.6) is 0 Å². The van der Waals surface area contributed by atoms with Crippen LogP contribution >= 0.6 is 0 Å². The number of hydrogen-bond donors (Lipinski definition) is 0. The molecule has 3 heterocycles. The second-order valence-corrected chi connectivity index (χ2v) is 7.54. The van der Waals surface area contributed by atoms with Gasteiger partial charge in [-0.1, -0.05) is 0 Å². The van der Waals surface area contributed by atoms with Gasteiger partial charge in [0.05, 0.1) is 29.9 Å². The molecule has 0 N–H and O–H groups in total. The summed E-state index contributed by atoms with van der Waals surface area (Å²) in [5.74, 6) is 1.39. The van der Waals surface area contributed by atoms with Gasteiger partial charge in [0.2, 0.25) is 0 Å². The highest BCUT2D eigenvalue weighted by Gasteiger charge is 2.23. The maximum atomic E-state index is 10.9. The number of nitrogens with zero attached hydrogens (tertiary/aromatic N) is 6. The molecule has 1 fully saturated rings. The third-order valence-electron chi connectivity index (χ3n) is 5.12. The van der Waals surface area contributed by atoms with Crippen molar-refractivity contribution in [3.8, 4) is 11.4 Å². The van der Waals surface area contributed by atoms with Crippen molar-refractivity contribution in [3.63, 3.8) is 0 Å². The number of nitro benzene ring substituents is 1. The topological polar surface area (TPSA) is 99.2 Å². The first kappa shape index (κ1) is 20.0. The summed E-state index contributed by atoms with van der Waals surface area (Å²) in [5.41, 5.74) is 3.76. The summed E-state index contributed by atoms with van der Waals surface area (Å²) in [4.78, 5) is 21.9. The van der Waals surface area contributed by atoms with Gasteiger partial charge < -0.3 is 9.64 Å².